The summed E-state index contributed by atoms with van der Waals surface area (Å²) in [6, 6.07) is 2.40. The Morgan fingerprint density at radius 3 is 2.58 bits per heavy atom. The monoisotopic (exact) mass is 464 g/mol. The number of carbonyl (C=O) groups is 1. The van der Waals surface area contributed by atoms with Crippen molar-refractivity contribution >= 4 is 5.91 Å². The highest BCUT2D eigenvalue weighted by atomic mass is 19.4. The number of aromatic nitrogens is 2. The molecule has 1 aromatic carbocycles. The Bertz CT molecular complexity index is 1030. The van der Waals surface area contributed by atoms with Gasteiger partial charge in [-0.05, 0) is 37.5 Å². The number of amides is 1. The van der Waals surface area contributed by atoms with Crippen molar-refractivity contribution < 1.29 is 27.1 Å². The van der Waals surface area contributed by atoms with E-state index < -0.39 is 23.5 Å². The minimum atomic E-state index is -4.80. The van der Waals surface area contributed by atoms with Crippen LogP contribution in [0.3, 0.4) is 0 Å². The van der Waals surface area contributed by atoms with Crippen LogP contribution in [0.2, 0.25) is 0 Å². The van der Waals surface area contributed by atoms with Gasteiger partial charge in [-0.3, -0.25) is 14.7 Å². The molecule has 3 heterocycles. The number of fused-ring (bicyclic) bond motifs is 1. The third-order valence-corrected chi connectivity index (χ3v) is 6.53. The van der Waals surface area contributed by atoms with Gasteiger partial charge >= 0.3 is 6.18 Å². The molecule has 0 N–H and O–H groups in total. The second-order valence-electron chi connectivity index (χ2n) is 8.98. The highest BCUT2D eigenvalue weighted by Gasteiger charge is 2.38. The third-order valence-electron chi connectivity index (χ3n) is 6.53. The first-order chi connectivity index (χ1) is 15.8. The molecule has 2 aliphatic heterocycles. The molecule has 0 bridgehead atoms. The predicted octanol–water partition coefficient (Wildman–Crippen LogP) is 3.88. The first-order valence-corrected chi connectivity index (χ1v) is 11.2. The van der Waals surface area contributed by atoms with Gasteiger partial charge in [-0.1, -0.05) is 0 Å². The lowest BCUT2D eigenvalue weighted by Crippen LogP contribution is -2.39. The number of ether oxygens (including phenoxy) is 1. The van der Waals surface area contributed by atoms with E-state index >= 15 is 0 Å². The molecule has 1 saturated carbocycles. The molecule has 3 fully saturated rings. The van der Waals surface area contributed by atoms with E-state index in [4.69, 9.17) is 4.74 Å². The van der Waals surface area contributed by atoms with Gasteiger partial charge in [0.2, 0.25) is 5.88 Å². The van der Waals surface area contributed by atoms with Crippen LogP contribution in [-0.4, -0.2) is 64.0 Å². The summed E-state index contributed by atoms with van der Waals surface area (Å²) in [7, 11) is 0. The van der Waals surface area contributed by atoms with Crippen molar-refractivity contribution in [1.82, 2.24) is 19.8 Å². The molecule has 1 amide bonds. The van der Waals surface area contributed by atoms with Crippen LogP contribution in [0.25, 0.3) is 0 Å². The minimum absolute atomic E-state index is 0.0550. The molecule has 2 atom stereocenters. The largest absolute Gasteiger partial charge is 0.472 e. The van der Waals surface area contributed by atoms with Gasteiger partial charge in [0.1, 0.15) is 11.9 Å². The zero-order valence-corrected chi connectivity index (χ0v) is 17.9. The van der Waals surface area contributed by atoms with Crippen molar-refractivity contribution in [2.45, 2.75) is 49.9 Å². The van der Waals surface area contributed by atoms with E-state index in [9.17, 15) is 22.4 Å². The average Bonchev–Trinajstić information content (AvgIpc) is 3.58. The molecule has 2 aromatic rings. The van der Waals surface area contributed by atoms with Crippen molar-refractivity contribution in [3.63, 3.8) is 0 Å². The molecular weight excluding hydrogens is 440 g/mol. The lowest BCUT2D eigenvalue weighted by Gasteiger charge is -2.25. The first kappa shape index (κ1) is 22.1. The van der Waals surface area contributed by atoms with Gasteiger partial charge in [-0.15, -0.1) is 0 Å². The summed E-state index contributed by atoms with van der Waals surface area (Å²) < 4.78 is 58.5. The highest BCUT2D eigenvalue weighted by Crippen LogP contribution is 2.38. The summed E-state index contributed by atoms with van der Waals surface area (Å²) in [5.41, 5.74) is -0.451. The molecule has 6 nitrogen and oxygen atoms in total. The summed E-state index contributed by atoms with van der Waals surface area (Å²) in [5.74, 6) is -0.893. The number of hydrogen-bond donors (Lipinski definition) is 0. The fourth-order valence-corrected chi connectivity index (χ4v) is 4.69. The topological polar surface area (TPSA) is 58.6 Å². The zero-order valence-electron chi connectivity index (χ0n) is 17.9. The van der Waals surface area contributed by atoms with E-state index in [2.05, 4.69) is 14.9 Å². The zero-order chi connectivity index (χ0) is 23.2. The van der Waals surface area contributed by atoms with Crippen LogP contribution >= 0.6 is 0 Å². The van der Waals surface area contributed by atoms with Crippen LogP contribution in [0.5, 0.6) is 5.88 Å². The van der Waals surface area contributed by atoms with Gasteiger partial charge < -0.3 is 9.64 Å². The Kier molecular flexibility index (Phi) is 5.72. The minimum Gasteiger partial charge on any atom is -0.472 e. The van der Waals surface area contributed by atoms with E-state index in [1.54, 1.807) is 17.3 Å². The number of nitrogens with zero attached hydrogens (tertiary/aromatic N) is 4. The maximum atomic E-state index is 14.0. The van der Waals surface area contributed by atoms with Gasteiger partial charge in [-0.25, -0.2) is 9.37 Å². The number of alkyl halides is 3. The van der Waals surface area contributed by atoms with Gasteiger partial charge in [0.15, 0.2) is 0 Å². The second-order valence-corrected chi connectivity index (χ2v) is 8.98. The van der Waals surface area contributed by atoms with Crippen LogP contribution in [0.4, 0.5) is 17.6 Å². The Morgan fingerprint density at radius 1 is 1.09 bits per heavy atom. The standard InChI is InChI=1S/C23H24F4N4O2/c24-19-8-15(4-5-18(19)23(25,26)27)22(32)31-7-1-6-30-13-17(9-16(30)12-31)33-21-11-28-20(10-29-21)14-2-3-14/h4-5,8,10-11,14,16-17H,1-3,6-7,9,12-13H2/t16-,17+/m0/s1. The highest BCUT2D eigenvalue weighted by molar-refractivity contribution is 5.94. The summed E-state index contributed by atoms with van der Waals surface area (Å²) in [5, 5.41) is 0. The molecule has 33 heavy (non-hydrogen) atoms. The number of hydrogen-bond acceptors (Lipinski definition) is 5. The van der Waals surface area contributed by atoms with Crippen LogP contribution in [0, 0.1) is 5.82 Å². The second kappa shape index (κ2) is 8.55. The lowest BCUT2D eigenvalue weighted by molar-refractivity contribution is -0.140. The van der Waals surface area contributed by atoms with E-state index in [-0.39, 0.29) is 17.7 Å². The van der Waals surface area contributed by atoms with Gasteiger partial charge in [0.25, 0.3) is 5.91 Å². The SMILES string of the molecule is O=C(c1ccc(C(F)(F)F)c(F)c1)N1CCCN2C[C@H](Oc3cnc(C4CC4)cn3)C[C@H]2C1. The Labute approximate surface area is 188 Å². The molecule has 176 valence electrons. The summed E-state index contributed by atoms with van der Waals surface area (Å²) in [4.78, 5) is 25.6. The number of carbonyl (C=O) groups excluding carboxylic acids is 1. The van der Waals surface area contributed by atoms with E-state index in [1.807, 2.05) is 0 Å². The maximum absolute atomic E-state index is 14.0. The van der Waals surface area contributed by atoms with Crippen LogP contribution < -0.4 is 4.74 Å². The molecule has 5 rings (SSSR count). The van der Waals surface area contributed by atoms with Crippen LogP contribution in [0.1, 0.15) is 53.2 Å². The van der Waals surface area contributed by atoms with E-state index in [0.29, 0.717) is 56.4 Å². The Morgan fingerprint density at radius 2 is 1.91 bits per heavy atom. The summed E-state index contributed by atoms with van der Waals surface area (Å²) in [6.07, 6.45) is 2.26. The smallest absolute Gasteiger partial charge is 0.419 e. The molecule has 0 radical (unpaired) electrons. The van der Waals surface area contributed by atoms with Gasteiger partial charge in [-0.2, -0.15) is 13.2 Å². The molecule has 1 aromatic heterocycles. The van der Waals surface area contributed by atoms with Gasteiger partial charge in [0.05, 0.1) is 23.7 Å². The Balaban J connectivity index is 1.22. The molecule has 2 saturated heterocycles. The maximum Gasteiger partial charge on any atom is 0.419 e. The number of halogens is 4. The van der Waals surface area contributed by atoms with Crippen molar-refractivity contribution in [1.29, 1.82) is 0 Å². The van der Waals surface area contributed by atoms with Crippen LogP contribution in [0.15, 0.2) is 30.6 Å². The normalized spacial score (nSPS) is 23.8. The fraction of sp³-hybridized carbons (Fsp3) is 0.522. The fourth-order valence-electron chi connectivity index (χ4n) is 4.69. The van der Waals surface area contributed by atoms with Crippen molar-refractivity contribution in [2.75, 3.05) is 26.2 Å². The van der Waals surface area contributed by atoms with Crippen molar-refractivity contribution in [3.05, 3.63) is 53.2 Å². The van der Waals surface area contributed by atoms with E-state index in [0.717, 1.165) is 31.1 Å². The van der Waals surface area contributed by atoms with Crippen molar-refractivity contribution in [3.8, 4) is 5.88 Å². The average molecular weight is 464 g/mol. The molecule has 0 unspecified atom stereocenters. The first-order valence-electron chi connectivity index (χ1n) is 11.2. The number of benzene rings is 1. The van der Waals surface area contributed by atoms with Crippen LogP contribution in [-0.2, 0) is 6.18 Å². The molecule has 10 heteroatoms. The third kappa shape index (κ3) is 4.80. The summed E-state index contributed by atoms with van der Waals surface area (Å²) >= 11 is 0. The predicted molar refractivity (Wildman–Crippen MR) is 110 cm³/mol. The lowest BCUT2D eigenvalue weighted by atomic mass is 10.1. The molecule has 3 aliphatic rings. The molecule has 1 aliphatic carbocycles. The van der Waals surface area contributed by atoms with Crippen molar-refractivity contribution in [2.24, 2.45) is 0 Å². The van der Waals surface area contributed by atoms with E-state index in [1.165, 1.54) is 0 Å². The number of rotatable bonds is 4. The molecular formula is C23H24F4N4O2. The quantitative estimate of drug-likeness (QED) is 0.643. The summed E-state index contributed by atoms with van der Waals surface area (Å²) in [6.45, 7) is 2.36. The Hall–Kier alpha value is -2.75. The van der Waals surface area contributed by atoms with Gasteiger partial charge in [0, 0.05) is 50.1 Å². The molecule has 0 spiro atoms.